The molecule has 18 heavy (non-hydrogen) atoms. The molecular formula is C14H22BrN3. The van der Waals surface area contributed by atoms with E-state index in [1.807, 2.05) is 0 Å². The Balaban J connectivity index is 1.55. The Hall–Kier alpha value is -0.420. The maximum atomic E-state index is 3.52. The van der Waals surface area contributed by atoms with Crippen molar-refractivity contribution in [2.75, 3.05) is 45.8 Å². The van der Waals surface area contributed by atoms with Gasteiger partial charge in [-0.1, -0.05) is 28.1 Å². The lowest BCUT2D eigenvalue weighted by Crippen LogP contribution is -2.45. The van der Waals surface area contributed by atoms with Crippen molar-refractivity contribution in [1.82, 2.24) is 15.5 Å². The molecule has 1 aliphatic heterocycles. The maximum Gasteiger partial charge on any atom is 0.0178 e. The summed E-state index contributed by atoms with van der Waals surface area (Å²) in [7, 11) is 0. The van der Waals surface area contributed by atoms with Crippen LogP contribution in [0.15, 0.2) is 28.7 Å². The Morgan fingerprint density at radius 2 is 2.06 bits per heavy atom. The second-order valence-corrected chi connectivity index (χ2v) is 5.64. The summed E-state index contributed by atoms with van der Waals surface area (Å²) in [6, 6.07) is 8.54. The van der Waals surface area contributed by atoms with Gasteiger partial charge in [0.25, 0.3) is 0 Å². The van der Waals surface area contributed by atoms with E-state index in [1.54, 1.807) is 0 Å². The minimum Gasteiger partial charge on any atom is -0.315 e. The Bertz CT molecular complexity index is 351. The Morgan fingerprint density at radius 3 is 2.83 bits per heavy atom. The Kier molecular flexibility index (Phi) is 6.14. The van der Waals surface area contributed by atoms with Crippen LogP contribution in [0, 0.1) is 0 Å². The monoisotopic (exact) mass is 311 g/mol. The fourth-order valence-electron chi connectivity index (χ4n) is 2.22. The fraction of sp³-hybridized carbons (Fsp3) is 0.571. The molecule has 4 heteroatoms. The lowest BCUT2D eigenvalue weighted by molar-refractivity contribution is 0.241. The molecule has 0 aromatic heterocycles. The van der Waals surface area contributed by atoms with E-state index >= 15 is 0 Å². The van der Waals surface area contributed by atoms with E-state index in [9.17, 15) is 0 Å². The minimum atomic E-state index is 1.06. The van der Waals surface area contributed by atoms with E-state index in [2.05, 4.69) is 55.7 Å². The van der Waals surface area contributed by atoms with Crippen molar-refractivity contribution in [3.05, 3.63) is 34.3 Å². The second kappa shape index (κ2) is 7.89. The van der Waals surface area contributed by atoms with Crippen LogP contribution in [0.2, 0.25) is 0 Å². The van der Waals surface area contributed by atoms with Crippen molar-refractivity contribution in [2.45, 2.75) is 6.42 Å². The van der Waals surface area contributed by atoms with Gasteiger partial charge in [-0.3, -0.25) is 4.90 Å². The van der Waals surface area contributed by atoms with Crippen LogP contribution in [0.1, 0.15) is 5.56 Å². The Labute approximate surface area is 118 Å². The highest BCUT2D eigenvalue weighted by Gasteiger charge is 2.07. The molecule has 0 amide bonds. The molecule has 100 valence electrons. The van der Waals surface area contributed by atoms with Gasteiger partial charge in [0.15, 0.2) is 0 Å². The van der Waals surface area contributed by atoms with Crippen molar-refractivity contribution >= 4 is 15.9 Å². The summed E-state index contributed by atoms with van der Waals surface area (Å²) in [6.45, 7) is 7.97. The normalized spacial score (nSPS) is 16.9. The second-order valence-electron chi connectivity index (χ2n) is 4.72. The number of nitrogens with zero attached hydrogens (tertiary/aromatic N) is 1. The molecule has 1 aromatic carbocycles. The number of halogens is 1. The van der Waals surface area contributed by atoms with E-state index in [-0.39, 0.29) is 0 Å². The van der Waals surface area contributed by atoms with Gasteiger partial charge in [-0.2, -0.15) is 0 Å². The van der Waals surface area contributed by atoms with Crippen LogP contribution in [0.4, 0.5) is 0 Å². The van der Waals surface area contributed by atoms with Crippen LogP contribution in [0.5, 0.6) is 0 Å². The van der Waals surface area contributed by atoms with Crippen molar-refractivity contribution in [2.24, 2.45) is 0 Å². The first kappa shape index (κ1) is 14.0. The van der Waals surface area contributed by atoms with Gasteiger partial charge in [0.1, 0.15) is 0 Å². The lowest BCUT2D eigenvalue weighted by Gasteiger charge is -2.27. The topological polar surface area (TPSA) is 27.3 Å². The van der Waals surface area contributed by atoms with Crippen molar-refractivity contribution in [3.8, 4) is 0 Å². The summed E-state index contributed by atoms with van der Waals surface area (Å²) >= 11 is 3.50. The highest BCUT2D eigenvalue weighted by Crippen LogP contribution is 2.11. The van der Waals surface area contributed by atoms with Crippen LogP contribution < -0.4 is 10.6 Å². The van der Waals surface area contributed by atoms with Gasteiger partial charge < -0.3 is 10.6 Å². The molecule has 0 atom stereocenters. The van der Waals surface area contributed by atoms with E-state index in [1.165, 1.54) is 29.7 Å². The van der Waals surface area contributed by atoms with Crippen LogP contribution in [0.25, 0.3) is 0 Å². The summed E-state index contributed by atoms with van der Waals surface area (Å²) in [5.41, 5.74) is 1.39. The van der Waals surface area contributed by atoms with Crippen molar-refractivity contribution in [1.29, 1.82) is 0 Å². The molecule has 2 N–H and O–H groups in total. The summed E-state index contributed by atoms with van der Waals surface area (Å²) in [6.07, 6.45) is 1.10. The zero-order valence-corrected chi connectivity index (χ0v) is 12.4. The zero-order chi connectivity index (χ0) is 12.6. The van der Waals surface area contributed by atoms with Gasteiger partial charge in [0.05, 0.1) is 0 Å². The maximum absolute atomic E-state index is 3.52. The quantitative estimate of drug-likeness (QED) is 0.779. The predicted molar refractivity (Wildman–Crippen MR) is 80.0 cm³/mol. The number of hydrogen-bond donors (Lipinski definition) is 2. The summed E-state index contributed by atoms with van der Waals surface area (Å²) in [5, 5.41) is 6.90. The lowest BCUT2D eigenvalue weighted by atomic mass is 10.1. The van der Waals surface area contributed by atoms with Crippen LogP contribution in [0.3, 0.4) is 0 Å². The van der Waals surface area contributed by atoms with Crippen LogP contribution in [-0.4, -0.2) is 50.7 Å². The third kappa shape index (κ3) is 5.06. The molecule has 1 saturated heterocycles. The average molecular weight is 312 g/mol. The van der Waals surface area contributed by atoms with E-state index in [0.29, 0.717) is 0 Å². The van der Waals surface area contributed by atoms with Crippen molar-refractivity contribution in [3.63, 3.8) is 0 Å². The molecule has 3 nitrogen and oxygen atoms in total. The molecule has 1 heterocycles. The third-order valence-corrected chi connectivity index (χ3v) is 3.79. The first-order chi connectivity index (χ1) is 8.84. The number of nitrogens with one attached hydrogen (secondary N) is 2. The SMILES string of the molecule is Brc1cccc(CCNCCN2CCNCC2)c1. The van der Waals surface area contributed by atoms with Gasteiger partial charge in [-0.15, -0.1) is 0 Å². The predicted octanol–water partition coefficient (Wildman–Crippen LogP) is 1.49. The van der Waals surface area contributed by atoms with Gasteiger partial charge in [-0.25, -0.2) is 0 Å². The molecule has 1 aliphatic rings. The van der Waals surface area contributed by atoms with Gasteiger partial charge in [0, 0.05) is 43.7 Å². The van der Waals surface area contributed by atoms with Gasteiger partial charge >= 0.3 is 0 Å². The Morgan fingerprint density at radius 1 is 1.22 bits per heavy atom. The van der Waals surface area contributed by atoms with Gasteiger partial charge in [-0.05, 0) is 30.7 Å². The fourth-order valence-corrected chi connectivity index (χ4v) is 2.67. The van der Waals surface area contributed by atoms with E-state index in [0.717, 1.165) is 32.6 Å². The first-order valence-electron chi connectivity index (χ1n) is 6.73. The molecule has 0 aliphatic carbocycles. The highest BCUT2D eigenvalue weighted by molar-refractivity contribution is 9.10. The molecular weight excluding hydrogens is 290 g/mol. The molecule has 0 bridgehead atoms. The molecule has 1 fully saturated rings. The smallest absolute Gasteiger partial charge is 0.0178 e. The largest absolute Gasteiger partial charge is 0.315 e. The van der Waals surface area contributed by atoms with Crippen LogP contribution >= 0.6 is 15.9 Å². The minimum absolute atomic E-state index is 1.06. The number of rotatable bonds is 6. The standard InChI is InChI=1S/C14H22BrN3/c15-14-3-1-2-13(12-14)4-5-16-6-9-18-10-7-17-8-11-18/h1-3,12,16-17H,4-11H2. The third-order valence-electron chi connectivity index (χ3n) is 3.29. The molecule has 0 unspecified atom stereocenters. The molecule has 2 rings (SSSR count). The average Bonchev–Trinajstić information content (AvgIpc) is 2.40. The zero-order valence-electron chi connectivity index (χ0n) is 10.8. The van der Waals surface area contributed by atoms with Crippen LogP contribution in [-0.2, 0) is 6.42 Å². The summed E-state index contributed by atoms with van der Waals surface area (Å²) in [5.74, 6) is 0. The molecule has 1 aromatic rings. The molecule has 0 radical (unpaired) electrons. The molecule has 0 saturated carbocycles. The summed E-state index contributed by atoms with van der Waals surface area (Å²) < 4.78 is 1.17. The molecule has 0 spiro atoms. The first-order valence-corrected chi connectivity index (χ1v) is 7.52. The van der Waals surface area contributed by atoms with E-state index in [4.69, 9.17) is 0 Å². The van der Waals surface area contributed by atoms with Crippen molar-refractivity contribution < 1.29 is 0 Å². The van der Waals surface area contributed by atoms with E-state index < -0.39 is 0 Å². The number of piperazine rings is 1. The highest BCUT2D eigenvalue weighted by atomic mass is 79.9. The number of benzene rings is 1. The summed E-state index contributed by atoms with van der Waals surface area (Å²) in [4.78, 5) is 2.52. The number of hydrogen-bond acceptors (Lipinski definition) is 3. The van der Waals surface area contributed by atoms with Gasteiger partial charge in [0.2, 0.25) is 0 Å².